The molecule has 0 saturated carbocycles. The molecule has 0 atom stereocenters. The van der Waals surface area contributed by atoms with Crippen LogP contribution < -0.4 is 9.47 Å². The molecule has 2 aromatic carbocycles. The Morgan fingerprint density at radius 1 is 1.00 bits per heavy atom. The maximum atomic E-state index is 13.1. The molecule has 2 aromatic rings. The lowest BCUT2D eigenvalue weighted by atomic mass is 9.98. The standard InChI is InChI=1S/C25H29NO7S/c1-2-18-4-6-19(7-5-18)22(27)17-33-25(28)20-10-12-26(13-11-20)34(29,30)21-8-9-23-24(16-21)32-15-3-14-31-23/h4-9,16,20H,2-3,10-15,17H2,1H3. The number of rotatable bonds is 7. The quantitative estimate of drug-likeness (QED) is 0.437. The Morgan fingerprint density at radius 3 is 2.35 bits per heavy atom. The van der Waals surface area contributed by atoms with Gasteiger partial charge < -0.3 is 14.2 Å². The van der Waals surface area contributed by atoms with Crippen molar-refractivity contribution in [2.24, 2.45) is 5.92 Å². The molecule has 0 aromatic heterocycles. The predicted octanol–water partition coefficient (Wildman–Crippen LogP) is 3.24. The molecule has 1 saturated heterocycles. The lowest BCUT2D eigenvalue weighted by Gasteiger charge is -2.30. The van der Waals surface area contributed by atoms with Crippen molar-refractivity contribution < 1.29 is 32.2 Å². The molecule has 9 heteroatoms. The average Bonchev–Trinajstić information content (AvgIpc) is 3.12. The molecule has 0 N–H and O–H groups in total. The number of piperidine rings is 1. The maximum Gasteiger partial charge on any atom is 0.309 e. The van der Waals surface area contributed by atoms with Crippen LogP contribution in [0.2, 0.25) is 0 Å². The number of carbonyl (C=O) groups excluding carboxylic acids is 2. The van der Waals surface area contributed by atoms with Gasteiger partial charge in [0.25, 0.3) is 0 Å². The van der Waals surface area contributed by atoms with E-state index in [9.17, 15) is 18.0 Å². The number of nitrogens with zero attached hydrogens (tertiary/aromatic N) is 1. The Bertz CT molecular complexity index is 1140. The highest BCUT2D eigenvalue weighted by Crippen LogP contribution is 2.34. The van der Waals surface area contributed by atoms with Gasteiger partial charge in [-0.3, -0.25) is 9.59 Å². The number of ether oxygens (including phenoxy) is 3. The first-order chi connectivity index (χ1) is 16.4. The van der Waals surface area contributed by atoms with Crippen molar-refractivity contribution in [2.75, 3.05) is 32.9 Å². The maximum absolute atomic E-state index is 13.1. The molecule has 0 unspecified atom stereocenters. The molecule has 8 nitrogen and oxygen atoms in total. The second kappa shape index (κ2) is 10.6. The number of ketones is 1. The highest BCUT2D eigenvalue weighted by Gasteiger charge is 2.33. The van der Waals surface area contributed by atoms with E-state index in [4.69, 9.17) is 14.2 Å². The molecule has 34 heavy (non-hydrogen) atoms. The molecule has 0 radical (unpaired) electrons. The van der Waals surface area contributed by atoms with Gasteiger partial charge in [0, 0.05) is 31.1 Å². The normalized spacial score (nSPS) is 17.1. The van der Waals surface area contributed by atoms with E-state index < -0.39 is 21.9 Å². The Balaban J connectivity index is 1.31. The molecule has 0 spiro atoms. The Hall–Kier alpha value is -2.91. The summed E-state index contributed by atoms with van der Waals surface area (Å²) in [7, 11) is -3.73. The monoisotopic (exact) mass is 487 g/mol. The minimum atomic E-state index is -3.73. The molecule has 2 aliphatic rings. The van der Waals surface area contributed by atoms with Gasteiger partial charge in [-0.15, -0.1) is 0 Å². The highest BCUT2D eigenvalue weighted by molar-refractivity contribution is 7.89. The van der Waals surface area contributed by atoms with Crippen LogP contribution in [0.3, 0.4) is 0 Å². The molecule has 0 aliphatic carbocycles. The predicted molar refractivity (Wildman–Crippen MR) is 125 cm³/mol. The largest absolute Gasteiger partial charge is 0.490 e. The number of esters is 1. The minimum absolute atomic E-state index is 0.137. The fourth-order valence-corrected chi connectivity index (χ4v) is 5.53. The van der Waals surface area contributed by atoms with Crippen LogP contribution in [0, 0.1) is 5.92 Å². The summed E-state index contributed by atoms with van der Waals surface area (Å²) in [5.74, 6) is -0.207. The first-order valence-electron chi connectivity index (χ1n) is 11.6. The van der Waals surface area contributed by atoms with Crippen molar-refractivity contribution in [3.8, 4) is 11.5 Å². The van der Waals surface area contributed by atoms with Gasteiger partial charge in [-0.1, -0.05) is 31.2 Å². The minimum Gasteiger partial charge on any atom is -0.490 e. The van der Waals surface area contributed by atoms with Crippen LogP contribution in [-0.4, -0.2) is 57.4 Å². The van der Waals surface area contributed by atoms with E-state index in [0.717, 1.165) is 18.4 Å². The molecule has 1 fully saturated rings. The van der Waals surface area contributed by atoms with Crippen LogP contribution in [0.5, 0.6) is 11.5 Å². The van der Waals surface area contributed by atoms with Crippen molar-refractivity contribution in [2.45, 2.75) is 37.5 Å². The van der Waals surface area contributed by atoms with E-state index in [1.807, 2.05) is 19.1 Å². The summed E-state index contributed by atoms with van der Waals surface area (Å²) in [5.41, 5.74) is 1.63. The number of sulfonamides is 1. The second-order valence-electron chi connectivity index (χ2n) is 8.42. The second-order valence-corrected chi connectivity index (χ2v) is 10.4. The summed E-state index contributed by atoms with van der Waals surface area (Å²) < 4.78 is 44.0. The van der Waals surface area contributed by atoms with Crippen molar-refractivity contribution in [1.82, 2.24) is 4.31 Å². The van der Waals surface area contributed by atoms with Crippen molar-refractivity contribution >= 4 is 21.8 Å². The number of hydrogen-bond donors (Lipinski definition) is 0. The Labute approximate surface area is 199 Å². The highest BCUT2D eigenvalue weighted by atomic mass is 32.2. The van der Waals surface area contributed by atoms with Gasteiger partial charge in [0.1, 0.15) is 0 Å². The van der Waals surface area contributed by atoms with E-state index in [-0.39, 0.29) is 30.4 Å². The molecule has 0 bridgehead atoms. The summed E-state index contributed by atoms with van der Waals surface area (Å²) in [6.45, 7) is 3.11. The van der Waals surface area contributed by atoms with E-state index >= 15 is 0 Å². The van der Waals surface area contributed by atoms with Gasteiger partial charge in [-0.05, 0) is 37.0 Å². The Kier molecular flexibility index (Phi) is 7.53. The van der Waals surface area contributed by atoms with E-state index in [1.54, 1.807) is 18.2 Å². The first kappa shape index (κ1) is 24.2. The van der Waals surface area contributed by atoms with Crippen LogP contribution in [-0.2, 0) is 26.0 Å². The molecular formula is C25H29NO7S. The van der Waals surface area contributed by atoms with Crippen LogP contribution in [0.15, 0.2) is 47.4 Å². The summed E-state index contributed by atoms with van der Waals surface area (Å²) in [6, 6.07) is 11.9. The molecule has 0 amide bonds. The van der Waals surface area contributed by atoms with Gasteiger partial charge in [0.05, 0.1) is 24.0 Å². The van der Waals surface area contributed by atoms with Crippen molar-refractivity contribution in [3.63, 3.8) is 0 Å². The zero-order valence-electron chi connectivity index (χ0n) is 19.2. The molecule has 182 valence electrons. The molecule has 2 heterocycles. The van der Waals surface area contributed by atoms with Gasteiger partial charge in [0.15, 0.2) is 23.9 Å². The van der Waals surface area contributed by atoms with Crippen LogP contribution in [0.1, 0.15) is 42.1 Å². The third kappa shape index (κ3) is 5.42. The van der Waals surface area contributed by atoms with Gasteiger partial charge in [-0.2, -0.15) is 4.31 Å². The topological polar surface area (TPSA) is 99.2 Å². The van der Waals surface area contributed by atoms with Crippen molar-refractivity contribution in [1.29, 1.82) is 0 Å². The molecule has 2 aliphatic heterocycles. The first-order valence-corrected chi connectivity index (χ1v) is 13.0. The number of hydrogen-bond acceptors (Lipinski definition) is 7. The summed E-state index contributed by atoms with van der Waals surface area (Å²) >= 11 is 0. The van der Waals surface area contributed by atoms with E-state index in [2.05, 4.69) is 0 Å². The van der Waals surface area contributed by atoms with Crippen LogP contribution in [0.25, 0.3) is 0 Å². The zero-order valence-corrected chi connectivity index (χ0v) is 20.0. The number of carbonyl (C=O) groups is 2. The zero-order chi connectivity index (χ0) is 24.1. The number of Topliss-reactive ketones (excluding diaryl/α,β-unsaturated/α-hetero) is 1. The van der Waals surface area contributed by atoms with Gasteiger partial charge in [-0.25, -0.2) is 8.42 Å². The third-order valence-corrected chi connectivity index (χ3v) is 8.07. The number of benzene rings is 2. The average molecular weight is 488 g/mol. The van der Waals surface area contributed by atoms with Gasteiger partial charge >= 0.3 is 5.97 Å². The number of aryl methyl sites for hydroxylation is 1. The summed E-state index contributed by atoms with van der Waals surface area (Å²) in [5, 5.41) is 0. The van der Waals surface area contributed by atoms with Crippen LogP contribution >= 0.6 is 0 Å². The summed E-state index contributed by atoms with van der Waals surface area (Å²) in [4.78, 5) is 24.9. The fourth-order valence-electron chi connectivity index (χ4n) is 4.05. The van der Waals surface area contributed by atoms with E-state index in [1.165, 1.54) is 16.4 Å². The SMILES string of the molecule is CCc1ccc(C(=O)COC(=O)C2CCN(S(=O)(=O)c3ccc4c(c3)OCCCO4)CC2)cc1. The third-order valence-electron chi connectivity index (χ3n) is 6.17. The number of fused-ring (bicyclic) bond motifs is 1. The van der Waals surface area contributed by atoms with E-state index in [0.29, 0.717) is 43.1 Å². The summed E-state index contributed by atoms with van der Waals surface area (Å²) in [6.07, 6.45) is 2.29. The lowest BCUT2D eigenvalue weighted by Crippen LogP contribution is -2.40. The smallest absolute Gasteiger partial charge is 0.309 e. The van der Waals surface area contributed by atoms with Gasteiger partial charge in [0.2, 0.25) is 10.0 Å². The molecular weight excluding hydrogens is 458 g/mol. The Morgan fingerprint density at radius 2 is 1.68 bits per heavy atom. The molecule has 4 rings (SSSR count). The lowest BCUT2D eigenvalue weighted by molar-refractivity contribution is -0.148. The van der Waals surface area contributed by atoms with Crippen molar-refractivity contribution in [3.05, 3.63) is 53.6 Å². The fraction of sp³-hybridized carbons (Fsp3) is 0.440. The van der Waals surface area contributed by atoms with Crippen LogP contribution in [0.4, 0.5) is 0 Å².